The third-order valence-electron chi connectivity index (χ3n) is 2.99. The van der Waals surface area contributed by atoms with Crippen molar-refractivity contribution in [1.29, 1.82) is 5.26 Å². The summed E-state index contributed by atoms with van der Waals surface area (Å²) in [4.78, 5) is 3.99. The summed E-state index contributed by atoms with van der Waals surface area (Å²) in [5.41, 5.74) is 1.66. The molecule has 1 aromatic carbocycles. The normalized spacial score (nSPS) is 19.4. The van der Waals surface area contributed by atoms with Crippen LogP contribution in [0.1, 0.15) is 10.8 Å². The lowest BCUT2D eigenvalue weighted by Crippen LogP contribution is -1.93. The zero-order valence-corrected chi connectivity index (χ0v) is 15.0. The second-order valence-electron chi connectivity index (χ2n) is 4.30. The molecule has 2 aromatic rings. The van der Waals surface area contributed by atoms with Gasteiger partial charge in [0.1, 0.15) is 11.8 Å². The molecule has 3 nitrogen and oxygen atoms in total. The van der Waals surface area contributed by atoms with Crippen LogP contribution in [-0.2, 0) is 0 Å². The Bertz CT molecular complexity index is 738. The predicted octanol–water partition coefficient (Wildman–Crippen LogP) is 5.48. The van der Waals surface area contributed by atoms with Gasteiger partial charge in [-0.1, -0.05) is 29.3 Å². The average Bonchev–Trinajstić information content (AvgIpc) is 3.12. The average molecular weight is 391 g/mol. The molecule has 1 fully saturated rings. The van der Waals surface area contributed by atoms with Crippen molar-refractivity contribution in [1.82, 2.24) is 9.55 Å². The van der Waals surface area contributed by atoms with Crippen LogP contribution >= 0.6 is 59.1 Å². The van der Waals surface area contributed by atoms with Gasteiger partial charge in [-0.25, -0.2) is 4.98 Å². The van der Waals surface area contributed by atoms with Gasteiger partial charge in [-0.05, 0) is 17.7 Å². The van der Waals surface area contributed by atoms with Gasteiger partial charge in [0.05, 0.1) is 10.6 Å². The molecule has 1 aliphatic heterocycles. The number of allylic oxidation sites excluding steroid dienone is 1. The van der Waals surface area contributed by atoms with Gasteiger partial charge in [0.2, 0.25) is 0 Å². The molecule has 1 aromatic heterocycles. The van der Waals surface area contributed by atoms with E-state index in [1.54, 1.807) is 52.9 Å². The SMILES string of the molecule is Cl.N#CC(=C1SC[C@@H](c2ccc(Cl)cc2Cl)S1)n1ccnc1. The van der Waals surface area contributed by atoms with E-state index in [0.29, 0.717) is 15.7 Å². The van der Waals surface area contributed by atoms with Crippen LogP contribution in [-0.4, -0.2) is 15.3 Å². The molecule has 0 bridgehead atoms. The minimum absolute atomic E-state index is 0. The number of nitriles is 1. The fourth-order valence-corrected chi connectivity index (χ4v) is 5.52. The smallest absolute Gasteiger partial charge is 0.145 e. The number of imidazole rings is 1. The molecule has 1 atom stereocenters. The number of hydrogen-bond donors (Lipinski definition) is 0. The molecule has 8 heteroatoms. The van der Waals surface area contributed by atoms with Crippen molar-refractivity contribution in [2.75, 3.05) is 5.75 Å². The van der Waals surface area contributed by atoms with Gasteiger partial charge < -0.3 is 0 Å². The molecule has 22 heavy (non-hydrogen) atoms. The number of rotatable bonds is 2. The molecule has 114 valence electrons. The summed E-state index contributed by atoms with van der Waals surface area (Å²) in [5.74, 6) is 0.876. The molecule has 0 saturated carbocycles. The van der Waals surface area contributed by atoms with Crippen molar-refractivity contribution in [2.45, 2.75) is 5.25 Å². The van der Waals surface area contributed by atoms with E-state index < -0.39 is 0 Å². The highest BCUT2D eigenvalue weighted by molar-refractivity contribution is 8.25. The maximum Gasteiger partial charge on any atom is 0.145 e. The van der Waals surface area contributed by atoms with E-state index in [1.807, 2.05) is 12.1 Å². The largest absolute Gasteiger partial charge is 0.296 e. The number of benzene rings is 1. The van der Waals surface area contributed by atoms with E-state index in [2.05, 4.69) is 11.1 Å². The van der Waals surface area contributed by atoms with Crippen molar-refractivity contribution in [3.63, 3.8) is 0 Å². The van der Waals surface area contributed by atoms with Crippen molar-refractivity contribution in [3.05, 3.63) is 56.8 Å². The maximum absolute atomic E-state index is 9.38. The van der Waals surface area contributed by atoms with Gasteiger partial charge >= 0.3 is 0 Å². The molecule has 0 radical (unpaired) electrons. The minimum Gasteiger partial charge on any atom is -0.296 e. The third-order valence-corrected chi connectivity index (χ3v) is 6.47. The van der Waals surface area contributed by atoms with Crippen LogP contribution in [0.2, 0.25) is 10.0 Å². The number of halogens is 3. The zero-order chi connectivity index (χ0) is 14.8. The summed E-state index contributed by atoms with van der Waals surface area (Å²) in [6, 6.07) is 7.80. The summed E-state index contributed by atoms with van der Waals surface area (Å²) in [7, 11) is 0. The number of hydrogen-bond acceptors (Lipinski definition) is 4. The molecule has 0 aliphatic carbocycles. The number of nitrogens with zero attached hydrogens (tertiary/aromatic N) is 3. The van der Waals surface area contributed by atoms with Gasteiger partial charge in [0, 0.05) is 33.4 Å². The molecule has 0 spiro atoms. The van der Waals surface area contributed by atoms with E-state index in [0.717, 1.165) is 15.6 Å². The third kappa shape index (κ3) is 3.58. The highest BCUT2D eigenvalue weighted by atomic mass is 35.5. The lowest BCUT2D eigenvalue weighted by atomic mass is 10.2. The Morgan fingerprint density at radius 2 is 2.23 bits per heavy atom. The quantitative estimate of drug-likeness (QED) is 0.636. The molecule has 1 aliphatic rings. The van der Waals surface area contributed by atoms with Gasteiger partial charge in [0.15, 0.2) is 0 Å². The van der Waals surface area contributed by atoms with Gasteiger partial charge in [-0.3, -0.25) is 4.57 Å². The predicted molar refractivity (Wildman–Crippen MR) is 97.6 cm³/mol. The van der Waals surface area contributed by atoms with Crippen LogP contribution in [0.25, 0.3) is 5.70 Å². The number of aromatic nitrogens is 2. The van der Waals surface area contributed by atoms with Crippen LogP contribution in [0.4, 0.5) is 0 Å². The summed E-state index contributed by atoms with van der Waals surface area (Å²) < 4.78 is 2.73. The molecule has 0 amide bonds. The maximum atomic E-state index is 9.38. The van der Waals surface area contributed by atoms with Crippen LogP contribution in [0.3, 0.4) is 0 Å². The van der Waals surface area contributed by atoms with E-state index in [4.69, 9.17) is 23.2 Å². The first kappa shape index (κ1) is 17.6. The Morgan fingerprint density at radius 1 is 1.41 bits per heavy atom. The zero-order valence-electron chi connectivity index (χ0n) is 11.1. The van der Waals surface area contributed by atoms with Crippen molar-refractivity contribution in [2.24, 2.45) is 0 Å². The molecule has 0 unspecified atom stereocenters. The highest BCUT2D eigenvalue weighted by Gasteiger charge is 2.27. The lowest BCUT2D eigenvalue weighted by molar-refractivity contribution is 1.10. The molecule has 0 N–H and O–H groups in total. The van der Waals surface area contributed by atoms with Gasteiger partial charge in [-0.15, -0.1) is 35.9 Å². The second kappa shape index (κ2) is 7.67. The monoisotopic (exact) mass is 389 g/mol. The van der Waals surface area contributed by atoms with E-state index >= 15 is 0 Å². The molecule has 1 saturated heterocycles. The van der Waals surface area contributed by atoms with Crippen LogP contribution < -0.4 is 0 Å². The van der Waals surface area contributed by atoms with E-state index in [9.17, 15) is 5.26 Å². The van der Waals surface area contributed by atoms with Crippen molar-refractivity contribution in [3.8, 4) is 6.07 Å². The summed E-state index contributed by atoms with van der Waals surface area (Å²) in [6.07, 6.45) is 5.07. The highest BCUT2D eigenvalue weighted by Crippen LogP contribution is 2.53. The van der Waals surface area contributed by atoms with Crippen LogP contribution in [0.5, 0.6) is 0 Å². The number of thioether (sulfide) groups is 2. The standard InChI is InChI=1S/C14H9Cl2N3S2.ClH/c15-9-1-2-10(11(16)5-9)13-7-20-14(21-13)12(6-17)19-4-3-18-8-19;/h1-5,8,13H,7H2;1H/t13-;/m0./s1. The minimum atomic E-state index is 0. The van der Waals surface area contributed by atoms with E-state index in [1.165, 1.54) is 0 Å². The Kier molecular flexibility index (Phi) is 6.13. The summed E-state index contributed by atoms with van der Waals surface area (Å²) in [6.45, 7) is 0. The van der Waals surface area contributed by atoms with Gasteiger partial charge in [-0.2, -0.15) is 5.26 Å². The first-order valence-corrected chi connectivity index (χ1v) is 8.68. The fraction of sp³-hybridized carbons (Fsp3) is 0.143. The Labute approximate surface area is 153 Å². The molecule has 3 rings (SSSR count). The Hall–Kier alpha value is -0.770. The van der Waals surface area contributed by atoms with E-state index in [-0.39, 0.29) is 17.7 Å². The second-order valence-corrected chi connectivity index (χ2v) is 7.65. The molecular weight excluding hydrogens is 381 g/mol. The van der Waals surface area contributed by atoms with Crippen molar-refractivity contribution >= 4 is 64.8 Å². The first-order valence-electron chi connectivity index (χ1n) is 6.06. The van der Waals surface area contributed by atoms with Crippen LogP contribution in [0, 0.1) is 11.3 Å². The van der Waals surface area contributed by atoms with Crippen molar-refractivity contribution < 1.29 is 0 Å². The van der Waals surface area contributed by atoms with Gasteiger partial charge in [0.25, 0.3) is 0 Å². The molecular formula is C14H10Cl3N3S2. The first-order chi connectivity index (χ1) is 10.2. The van der Waals surface area contributed by atoms with Crippen LogP contribution in [0.15, 0.2) is 41.2 Å². The Morgan fingerprint density at radius 3 is 2.86 bits per heavy atom. The Balaban J connectivity index is 0.00000176. The fourth-order valence-electron chi connectivity index (χ4n) is 1.99. The molecule has 2 heterocycles. The topological polar surface area (TPSA) is 41.6 Å². The summed E-state index contributed by atoms with van der Waals surface area (Å²) >= 11 is 15.5. The summed E-state index contributed by atoms with van der Waals surface area (Å²) in [5, 5.41) is 10.9. The lowest BCUT2D eigenvalue weighted by Gasteiger charge is -2.10.